The molecule has 1 aliphatic heterocycles. The second kappa shape index (κ2) is 2.72. The SMILES string of the molecule is [B]c1c(O)c(O)c2c(c1O)C(O)CN2. The third-order valence-electron chi connectivity index (χ3n) is 2.30. The minimum atomic E-state index is -0.932. The molecular weight excluding hydrogens is 185 g/mol. The van der Waals surface area contributed by atoms with Crippen molar-refractivity contribution in [3.05, 3.63) is 5.56 Å². The van der Waals surface area contributed by atoms with Gasteiger partial charge in [0.05, 0.1) is 11.3 Å². The maximum atomic E-state index is 9.50. The molecule has 0 saturated heterocycles. The van der Waals surface area contributed by atoms with Crippen molar-refractivity contribution < 1.29 is 20.4 Å². The van der Waals surface area contributed by atoms with Crippen molar-refractivity contribution >= 4 is 19.0 Å². The molecule has 72 valence electrons. The van der Waals surface area contributed by atoms with Gasteiger partial charge >= 0.3 is 0 Å². The van der Waals surface area contributed by atoms with Crippen LogP contribution in [0.1, 0.15) is 11.7 Å². The van der Waals surface area contributed by atoms with E-state index >= 15 is 0 Å². The summed E-state index contributed by atoms with van der Waals surface area (Å²) in [6, 6.07) is 0. The average Bonchev–Trinajstić information content (AvgIpc) is 2.54. The van der Waals surface area contributed by atoms with Crippen LogP contribution in [-0.2, 0) is 0 Å². The zero-order valence-corrected chi connectivity index (χ0v) is 7.15. The first kappa shape index (κ1) is 9.02. The van der Waals surface area contributed by atoms with Gasteiger partial charge in [-0.2, -0.15) is 0 Å². The molecule has 1 unspecified atom stereocenters. The number of phenolic OH excluding ortho intramolecular Hbond substituents is 3. The lowest BCUT2D eigenvalue weighted by atomic mass is 9.89. The fourth-order valence-corrected chi connectivity index (χ4v) is 1.55. The van der Waals surface area contributed by atoms with E-state index in [9.17, 15) is 20.4 Å². The molecule has 0 amide bonds. The summed E-state index contributed by atoms with van der Waals surface area (Å²) in [5, 5.41) is 40.3. The molecule has 0 saturated carbocycles. The zero-order valence-electron chi connectivity index (χ0n) is 7.15. The Morgan fingerprint density at radius 1 is 1.14 bits per heavy atom. The van der Waals surface area contributed by atoms with E-state index in [1.165, 1.54) is 0 Å². The molecule has 2 radical (unpaired) electrons. The normalized spacial score (nSPS) is 19.1. The van der Waals surface area contributed by atoms with Crippen LogP contribution < -0.4 is 10.8 Å². The van der Waals surface area contributed by atoms with E-state index in [0.29, 0.717) is 0 Å². The van der Waals surface area contributed by atoms with Crippen LogP contribution in [0.5, 0.6) is 17.2 Å². The third kappa shape index (κ3) is 0.942. The number of fused-ring (bicyclic) bond motifs is 1. The first-order valence-corrected chi connectivity index (χ1v) is 4.02. The summed E-state index contributed by atoms with van der Waals surface area (Å²) in [5.41, 5.74) is -0.0801. The van der Waals surface area contributed by atoms with Gasteiger partial charge in [0.15, 0.2) is 11.5 Å². The van der Waals surface area contributed by atoms with E-state index in [4.69, 9.17) is 7.85 Å². The molecule has 5 nitrogen and oxygen atoms in total. The monoisotopic (exact) mass is 193 g/mol. The van der Waals surface area contributed by atoms with E-state index in [-0.39, 0.29) is 23.3 Å². The number of aromatic hydroxyl groups is 3. The summed E-state index contributed by atoms with van der Waals surface area (Å²) >= 11 is 0. The number of β-amino-alcohol motifs (C(OH)–C–C–N with tert-alkyl or cyclic N) is 1. The summed E-state index contributed by atoms with van der Waals surface area (Å²) in [4.78, 5) is 0. The van der Waals surface area contributed by atoms with E-state index < -0.39 is 23.4 Å². The maximum absolute atomic E-state index is 9.50. The highest BCUT2D eigenvalue weighted by atomic mass is 16.3. The van der Waals surface area contributed by atoms with Gasteiger partial charge in [0, 0.05) is 6.54 Å². The highest BCUT2D eigenvalue weighted by Gasteiger charge is 2.30. The Bertz CT molecular complexity index is 407. The molecule has 0 aromatic heterocycles. The zero-order chi connectivity index (χ0) is 10.5. The molecule has 2 rings (SSSR count). The lowest BCUT2D eigenvalue weighted by molar-refractivity contribution is 0.196. The Morgan fingerprint density at radius 2 is 1.79 bits per heavy atom. The molecule has 1 aromatic carbocycles. The first-order chi connectivity index (χ1) is 6.54. The highest BCUT2D eigenvalue weighted by molar-refractivity contribution is 6.37. The van der Waals surface area contributed by atoms with E-state index in [0.717, 1.165) is 0 Å². The van der Waals surface area contributed by atoms with Crippen LogP contribution in [0.3, 0.4) is 0 Å². The smallest absolute Gasteiger partial charge is 0.181 e. The average molecular weight is 193 g/mol. The summed E-state index contributed by atoms with van der Waals surface area (Å²) in [6.07, 6.45) is -0.932. The molecule has 1 aliphatic rings. The molecule has 0 spiro atoms. The van der Waals surface area contributed by atoms with Crippen LogP contribution in [-0.4, -0.2) is 34.8 Å². The molecule has 1 heterocycles. The van der Waals surface area contributed by atoms with Crippen LogP contribution in [0.15, 0.2) is 0 Å². The fraction of sp³-hybridized carbons (Fsp3) is 0.250. The van der Waals surface area contributed by atoms with E-state index in [2.05, 4.69) is 5.32 Å². The molecule has 1 aromatic rings. The van der Waals surface area contributed by atoms with Crippen molar-refractivity contribution in [2.24, 2.45) is 0 Å². The predicted octanol–water partition coefficient (Wildman–Crippen LogP) is -0.944. The van der Waals surface area contributed by atoms with Gasteiger partial charge in [-0.15, -0.1) is 0 Å². The van der Waals surface area contributed by atoms with Crippen molar-refractivity contribution in [3.8, 4) is 17.2 Å². The summed E-state index contributed by atoms with van der Waals surface area (Å²) < 4.78 is 0. The number of phenols is 3. The lowest BCUT2D eigenvalue weighted by Crippen LogP contribution is -2.07. The summed E-state index contributed by atoms with van der Waals surface area (Å²) in [7, 11) is 5.32. The number of aliphatic hydroxyl groups is 1. The minimum absolute atomic E-state index is 0.123. The van der Waals surface area contributed by atoms with Crippen molar-refractivity contribution in [2.75, 3.05) is 11.9 Å². The van der Waals surface area contributed by atoms with Gasteiger partial charge in [0.2, 0.25) is 0 Å². The summed E-state index contributed by atoms with van der Waals surface area (Å²) in [6.45, 7) is 0.166. The Morgan fingerprint density at radius 3 is 2.43 bits per heavy atom. The molecule has 0 fully saturated rings. The predicted molar refractivity (Wildman–Crippen MR) is 50.3 cm³/mol. The fourth-order valence-electron chi connectivity index (χ4n) is 1.55. The van der Waals surface area contributed by atoms with Gasteiger partial charge in [-0.05, 0) is 5.46 Å². The third-order valence-corrected chi connectivity index (χ3v) is 2.30. The minimum Gasteiger partial charge on any atom is -0.508 e. The molecule has 5 N–H and O–H groups in total. The van der Waals surface area contributed by atoms with Gasteiger partial charge < -0.3 is 25.7 Å². The highest BCUT2D eigenvalue weighted by Crippen LogP contribution is 2.45. The van der Waals surface area contributed by atoms with Crippen LogP contribution in [0.25, 0.3) is 0 Å². The number of hydrogen-bond acceptors (Lipinski definition) is 5. The number of aliphatic hydroxyl groups excluding tert-OH is 1. The number of benzene rings is 1. The van der Waals surface area contributed by atoms with Crippen molar-refractivity contribution in [1.82, 2.24) is 0 Å². The molecule has 14 heavy (non-hydrogen) atoms. The molecule has 6 heteroatoms. The second-order valence-corrected chi connectivity index (χ2v) is 3.14. The van der Waals surface area contributed by atoms with Crippen LogP contribution in [0, 0.1) is 0 Å². The van der Waals surface area contributed by atoms with Crippen molar-refractivity contribution in [3.63, 3.8) is 0 Å². The molecule has 0 bridgehead atoms. The lowest BCUT2D eigenvalue weighted by Gasteiger charge is -2.12. The number of anilines is 1. The van der Waals surface area contributed by atoms with E-state index in [1.54, 1.807) is 0 Å². The Balaban J connectivity index is 2.77. The Labute approximate surface area is 81.0 Å². The van der Waals surface area contributed by atoms with Gasteiger partial charge in [-0.25, -0.2) is 0 Å². The largest absolute Gasteiger partial charge is 0.508 e. The van der Waals surface area contributed by atoms with Gasteiger partial charge in [-0.1, -0.05) is 0 Å². The van der Waals surface area contributed by atoms with E-state index in [1.807, 2.05) is 0 Å². The van der Waals surface area contributed by atoms with Gasteiger partial charge in [-0.3, -0.25) is 0 Å². The molecule has 1 atom stereocenters. The van der Waals surface area contributed by atoms with Gasteiger partial charge in [0.25, 0.3) is 0 Å². The van der Waals surface area contributed by atoms with Crippen molar-refractivity contribution in [2.45, 2.75) is 6.10 Å². The molecular formula is C8H8BNO4. The summed E-state index contributed by atoms with van der Waals surface area (Å²) in [5.74, 6) is -1.43. The maximum Gasteiger partial charge on any atom is 0.181 e. The number of hydrogen-bond donors (Lipinski definition) is 5. The quantitative estimate of drug-likeness (QED) is 0.208. The van der Waals surface area contributed by atoms with Crippen LogP contribution in [0.4, 0.5) is 5.69 Å². The standard InChI is InChI=1S/C8H8BNO4/c9-4-6(12)3-2(11)1-10-5(3)8(14)7(4)13/h2,10-14H,1H2. The number of rotatable bonds is 0. The topological polar surface area (TPSA) is 93.0 Å². The first-order valence-electron chi connectivity index (χ1n) is 4.02. The molecule has 0 aliphatic carbocycles. The Kier molecular flexibility index (Phi) is 1.75. The number of nitrogens with one attached hydrogen (secondary N) is 1. The van der Waals surface area contributed by atoms with Crippen LogP contribution >= 0.6 is 0 Å². The van der Waals surface area contributed by atoms with Gasteiger partial charge in [0.1, 0.15) is 19.7 Å². The Hall–Kier alpha value is -1.56. The van der Waals surface area contributed by atoms with Crippen LogP contribution in [0.2, 0.25) is 0 Å². The second-order valence-electron chi connectivity index (χ2n) is 3.14. The van der Waals surface area contributed by atoms with Crippen molar-refractivity contribution in [1.29, 1.82) is 0 Å².